The average Bonchev–Trinajstić information content (AvgIpc) is 2.37. The van der Waals surface area contributed by atoms with Gasteiger partial charge in [0.05, 0.1) is 11.1 Å². The van der Waals surface area contributed by atoms with Crippen molar-refractivity contribution in [2.24, 2.45) is 0 Å². The minimum Gasteiger partial charge on any atom is -0.395 e. The number of nitrogens with one attached hydrogen (secondary N) is 1. The van der Waals surface area contributed by atoms with Gasteiger partial charge in [-0.2, -0.15) is 4.98 Å². The molecule has 0 radical (unpaired) electrons. The number of halogens is 1. The molecule has 102 valence electrons. The number of aromatic nitrogens is 2. The Morgan fingerprint density at radius 2 is 2.11 bits per heavy atom. The number of aliphatic hydroxyl groups is 1. The highest BCUT2D eigenvalue weighted by molar-refractivity contribution is 9.10. The lowest BCUT2D eigenvalue weighted by atomic mass is 10.4. The van der Waals surface area contributed by atoms with Gasteiger partial charge in [-0.05, 0) is 28.8 Å². The summed E-state index contributed by atoms with van der Waals surface area (Å²) < 4.78 is 0.853. The third-order valence-corrected chi connectivity index (χ3v) is 2.98. The number of anilines is 2. The fourth-order valence-corrected chi connectivity index (χ4v) is 2.06. The van der Waals surface area contributed by atoms with E-state index in [-0.39, 0.29) is 6.61 Å². The third-order valence-electron chi connectivity index (χ3n) is 2.42. The van der Waals surface area contributed by atoms with E-state index in [1.807, 2.05) is 0 Å². The van der Waals surface area contributed by atoms with Gasteiger partial charge in [0.2, 0.25) is 5.95 Å². The number of nitrogens with zero attached hydrogens (tertiary/aromatic N) is 3. The molecule has 18 heavy (non-hydrogen) atoms. The standard InChI is InChI=1S/C12H21BrN4O/c1-3-5-14-12-15-9-10(13)11(16-12)17(6-4-2)7-8-18/h9,18H,3-8H2,1-2H3,(H,14,15,16). The Bertz CT molecular complexity index is 356. The van der Waals surface area contributed by atoms with Crippen molar-refractivity contribution in [1.82, 2.24) is 9.97 Å². The molecule has 6 heteroatoms. The molecule has 0 saturated heterocycles. The Labute approximate surface area is 117 Å². The van der Waals surface area contributed by atoms with Gasteiger partial charge in [-0.25, -0.2) is 4.98 Å². The molecule has 2 N–H and O–H groups in total. The van der Waals surface area contributed by atoms with E-state index < -0.39 is 0 Å². The highest BCUT2D eigenvalue weighted by Crippen LogP contribution is 2.24. The molecule has 0 aliphatic heterocycles. The average molecular weight is 317 g/mol. The molecule has 1 aromatic heterocycles. The van der Waals surface area contributed by atoms with Gasteiger partial charge in [0.25, 0.3) is 0 Å². The number of hydrogen-bond donors (Lipinski definition) is 2. The Morgan fingerprint density at radius 3 is 2.72 bits per heavy atom. The second-order valence-electron chi connectivity index (χ2n) is 4.00. The van der Waals surface area contributed by atoms with Crippen LogP contribution in [0.25, 0.3) is 0 Å². The quantitative estimate of drug-likeness (QED) is 0.770. The topological polar surface area (TPSA) is 61.3 Å². The molecular weight excluding hydrogens is 296 g/mol. The molecule has 1 rings (SSSR count). The van der Waals surface area contributed by atoms with Crippen LogP contribution in [0.2, 0.25) is 0 Å². The summed E-state index contributed by atoms with van der Waals surface area (Å²) in [6, 6.07) is 0. The van der Waals surface area contributed by atoms with E-state index in [0.29, 0.717) is 12.5 Å². The molecule has 1 heterocycles. The molecule has 1 aromatic rings. The molecule has 0 amide bonds. The molecule has 0 aromatic carbocycles. The molecule has 0 bridgehead atoms. The number of aliphatic hydroxyl groups excluding tert-OH is 1. The van der Waals surface area contributed by atoms with Gasteiger partial charge in [0.1, 0.15) is 5.82 Å². The van der Waals surface area contributed by atoms with Crippen LogP contribution in [-0.4, -0.2) is 41.3 Å². The first kappa shape index (κ1) is 15.2. The molecule has 0 spiro atoms. The highest BCUT2D eigenvalue weighted by Gasteiger charge is 2.12. The zero-order valence-electron chi connectivity index (χ0n) is 11.0. The minimum atomic E-state index is 0.119. The van der Waals surface area contributed by atoms with Crippen molar-refractivity contribution in [3.05, 3.63) is 10.7 Å². The van der Waals surface area contributed by atoms with Crippen molar-refractivity contribution in [1.29, 1.82) is 0 Å². The van der Waals surface area contributed by atoms with E-state index in [0.717, 1.165) is 36.2 Å². The molecule has 0 unspecified atom stereocenters. The van der Waals surface area contributed by atoms with E-state index in [4.69, 9.17) is 5.11 Å². The summed E-state index contributed by atoms with van der Waals surface area (Å²) in [4.78, 5) is 10.8. The predicted octanol–water partition coefficient (Wildman–Crippen LogP) is 2.27. The first-order valence-electron chi connectivity index (χ1n) is 6.35. The van der Waals surface area contributed by atoms with E-state index >= 15 is 0 Å². The van der Waals surface area contributed by atoms with Crippen LogP contribution < -0.4 is 10.2 Å². The maximum atomic E-state index is 9.11. The zero-order chi connectivity index (χ0) is 13.4. The summed E-state index contributed by atoms with van der Waals surface area (Å²) in [6.45, 7) is 6.63. The van der Waals surface area contributed by atoms with Gasteiger partial charge in [0.15, 0.2) is 0 Å². The molecular formula is C12H21BrN4O. The van der Waals surface area contributed by atoms with E-state index in [1.54, 1.807) is 6.20 Å². The van der Waals surface area contributed by atoms with E-state index in [1.165, 1.54) is 0 Å². The first-order chi connectivity index (χ1) is 8.72. The van der Waals surface area contributed by atoms with Crippen LogP contribution in [0.5, 0.6) is 0 Å². The van der Waals surface area contributed by atoms with Gasteiger partial charge in [-0.3, -0.25) is 0 Å². The lowest BCUT2D eigenvalue weighted by Gasteiger charge is -2.23. The Morgan fingerprint density at radius 1 is 1.33 bits per heavy atom. The molecule has 5 nitrogen and oxygen atoms in total. The van der Waals surface area contributed by atoms with Crippen LogP contribution >= 0.6 is 15.9 Å². The molecule has 0 atom stereocenters. The Hall–Kier alpha value is -0.880. The summed E-state index contributed by atoms with van der Waals surface area (Å²) in [5.74, 6) is 1.47. The maximum absolute atomic E-state index is 9.11. The summed E-state index contributed by atoms with van der Waals surface area (Å²) in [7, 11) is 0. The Balaban J connectivity index is 2.88. The smallest absolute Gasteiger partial charge is 0.224 e. The van der Waals surface area contributed by atoms with Crippen molar-refractivity contribution in [2.45, 2.75) is 26.7 Å². The molecule has 0 saturated carbocycles. The fourth-order valence-electron chi connectivity index (χ4n) is 1.62. The number of hydrogen-bond acceptors (Lipinski definition) is 5. The van der Waals surface area contributed by atoms with Crippen molar-refractivity contribution >= 4 is 27.7 Å². The second-order valence-corrected chi connectivity index (χ2v) is 4.86. The highest BCUT2D eigenvalue weighted by atomic mass is 79.9. The second kappa shape index (κ2) is 8.26. The Kier molecular flexibility index (Phi) is 6.97. The van der Waals surface area contributed by atoms with Crippen LogP contribution in [0.4, 0.5) is 11.8 Å². The van der Waals surface area contributed by atoms with Crippen molar-refractivity contribution < 1.29 is 5.11 Å². The van der Waals surface area contributed by atoms with Crippen LogP contribution in [-0.2, 0) is 0 Å². The summed E-state index contributed by atoms with van der Waals surface area (Å²) >= 11 is 3.46. The maximum Gasteiger partial charge on any atom is 0.224 e. The third kappa shape index (κ3) is 4.42. The van der Waals surface area contributed by atoms with Gasteiger partial charge >= 0.3 is 0 Å². The van der Waals surface area contributed by atoms with Gasteiger partial charge in [-0.1, -0.05) is 13.8 Å². The van der Waals surface area contributed by atoms with Crippen molar-refractivity contribution in [3.63, 3.8) is 0 Å². The van der Waals surface area contributed by atoms with Crippen LogP contribution in [0.15, 0.2) is 10.7 Å². The fraction of sp³-hybridized carbons (Fsp3) is 0.667. The lowest BCUT2D eigenvalue weighted by Crippen LogP contribution is -2.29. The molecule has 0 fully saturated rings. The van der Waals surface area contributed by atoms with E-state index in [9.17, 15) is 0 Å². The van der Waals surface area contributed by atoms with Gasteiger partial charge < -0.3 is 15.3 Å². The van der Waals surface area contributed by atoms with Gasteiger partial charge in [0, 0.05) is 25.8 Å². The SMILES string of the molecule is CCCNc1ncc(Br)c(N(CCC)CCO)n1. The van der Waals surface area contributed by atoms with Crippen molar-refractivity contribution in [3.8, 4) is 0 Å². The van der Waals surface area contributed by atoms with Crippen molar-refractivity contribution in [2.75, 3.05) is 36.5 Å². The first-order valence-corrected chi connectivity index (χ1v) is 7.14. The lowest BCUT2D eigenvalue weighted by molar-refractivity contribution is 0.301. The largest absolute Gasteiger partial charge is 0.395 e. The monoisotopic (exact) mass is 316 g/mol. The minimum absolute atomic E-state index is 0.119. The zero-order valence-corrected chi connectivity index (χ0v) is 12.6. The summed E-state index contributed by atoms with van der Waals surface area (Å²) in [5, 5.41) is 12.3. The normalized spacial score (nSPS) is 10.4. The van der Waals surface area contributed by atoms with Crippen LogP contribution in [0.1, 0.15) is 26.7 Å². The van der Waals surface area contributed by atoms with Gasteiger partial charge in [-0.15, -0.1) is 0 Å². The molecule has 0 aliphatic carbocycles. The predicted molar refractivity (Wildman–Crippen MR) is 78.1 cm³/mol. The van der Waals surface area contributed by atoms with Crippen LogP contribution in [0, 0.1) is 0 Å². The van der Waals surface area contributed by atoms with Crippen LogP contribution in [0.3, 0.4) is 0 Å². The summed E-state index contributed by atoms with van der Waals surface area (Å²) in [5.41, 5.74) is 0. The molecule has 0 aliphatic rings. The number of rotatable bonds is 8. The van der Waals surface area contributed by atoms with E-state index in [2.05, 4.69) is 50.0 Å². The summed E-state index contributed by atoms with van der Waals surface area (Å²) in [6.07, 6.45) is 3.79.